The van der Waals surface area contributed by atoms with E-state index in [1.165, 1.54) is 0 Å². The van der Waals surface area contributed by atoms with Crippen LogP contribution in [0.15, 0.2) is 42.6 Å². The van der Waals surface area contributed by atoms with E-state index in [4.69, 9.17) is 4.74 Å². The highest BCUT2D eigenvalue weighted by molar-refractivity contribution is 5.21. The van der Waals surface area contributed by atoms with Gasteiger partial charge >= 0.3 is 0 Å². The zero-order valence-electron chi connectivity index (χ0n) is 11.4. The van der Waals surface area contributed by atoms with E-state index in [9.17, 15) is 5.11 Å². The summed E-state index contributed by atoms with van der Waals surface area (Å²) in [4.78, 5) is 0. The first kappa shape index (κ1) is 13.8. The van der Waals surface area contributed by atoms with Gasteiger partial charge in [0.15, 0.2) is 0 Å². The fourth-order valence-corrected chi connectivity index (χ4v) is 2.24. The zero-order chi connectivity index (χ0) is 13.7. The number of benzene rings is 1. The lowest BCUT2D eigenvalue weighted by atomic mass is 10.0. The summed E-state index contributed by atoms with van der Waals surface area (Å²) in [5, 5.41) is 14.8. The molecule has 0 saturated carbocycles. The Balaban J connectivity index is 2.25. The number of methoxy groups -OCH3 is 1. The van der Waals surface area contributed by atoms with Gasteiger partial charge in [-0.15, -0.1) is 0 Å². The fraction of sp³-hybridized carbons (Fsp3) is 0.400. The van der Waals surface area contributed by atoms with Crippen molar-refractivity contribution in [3.05, 3.63) is 53.9 Å². The predicted molar refractivity (Wildman–Crippen MR) is 73.7 cm³/mol. The van der Waals surface area contributed by atoms with Gasteiger partial charge in [-0.05, 0) is 18.1 Å². The maximum Gasteiger partial charge on any atom is 0.126 e. The van der Waals surface area contributed by atoms with Crippen molar-refractivity contribution in [3.8, 4) is 0 Å². The van der Waals surface area contributed by atoms with E-state index < -0.39 is 6.10 Å². The van der Waals surface area contributed by atoms with Crippen molar-refractivity contribution in [2.24, 2.45) is 0 Å². The summed E-state index contributed by atoms with van der Waals surface area (Å²) in [6.45, 7) is 2.88. The maximum atomic E-state index is 10.5. The van der Waals surface area contributed by atoms with Crippen LogP contribution in [0.3, 0.4) is 0 Å². The molecule has 0 fully saturated rings. The van der Waals surface area contributed by atoms with Crippen molar-refractivity contribution < 1.29 is 9.84 Å². The second kappa shape index (κ2) is 6.50. The number of hydrogen-bond acceptors (Lipinski definition) is 3. The first-order valence-electron chi connectivity index (χ1n) is 6.55. The predicted octanol–water partition coefficient (Wildman–Crippen LogP) is 2.71. The maximum absolute atomic E-state index is 10.5. The molecule has 2 atom stereocenters. The van der Waals surface area contributed by atoms with E-state index in [1.54, 1.807) is 13.3 Å². The monoisotopic (exact) mass is 260 g/mol. The van der Waals surface area contributed by atoms with E-state index in [1.807, 2.05) is 41.1 Å². The number of aryl methyl sites for hydroxylation is 1. The average Bonchev–Trinajstić information content (AvgIpc) is 2.89. The highest BCUT2D eigenvalue weighted by Crippen LogP contribution is 2.31. The molecule has 1 heterocycles. The number of aromatic nitrogens is 2. The summed E-state index contributed by atoms with van der Waals surface area (Å²) in [6.07, 6.45) is 1.59. The standard InChI is InChI=1S/C15H20N2O2/c1-3-11-17-13(9-10-16-17)14(18)15(19-2)12-7-5-4-6-8-12/h4-10,14-15,18H,3,11H2,1-2H3. The van der Waals surface area contributed by atoms with E-state index in [0.717, 1.165) is 24.2 Å². The van der Waals surface area contributed by atoms with Crippen molar-refractivity contribution in [2.75, 3.05) is 7.11 Å². The second-order valence-corrected chi connectivity index (χ2v) is 4.49. The lowest BCUT2D eigenvalue weighted by Crippen LogP contribution is -2.17. The van der Waals surface area contributed by atoms with Gasteiger partial charge in [-0.3, -0.25) is 4.68 Å². The van der Waals surface area contributed by atoms with E-state index in [0.29, 0.717) is 0 Å². The molecule has 0 saturated heterocycles. The molecular formula is C15H20N2O2. The molecule has 0 bridgehead atoms. The molecule has 19 heavy (non-hydrogen) atoms. The third-order valence-corrected chi connectivity index (χ3v) is 3.16. The van der Waals surface area contributed by atoms with Crippen LogP contribution >= 0.6 is 0 Å². The zero-order valence-corrected chi connectivity index (χ0v) is 11.4. The molecule has 2 rings (SSSR count). The Kier molecular flexibility index (Phi) is 4.71. The molecule has 4 heteroatoms. The largest absolute Gasteiger partial charge is 0.384 e. The van der Waals surface area contributed by atoms with Crippen LogP contribution in [0, 0.1) is 0 Å². The third-order valence-electron chi connectivity index (χ3n) is 3.16. The first-order valence-corrected chi connectivity index (χ1v) is 6.55. The summed E-state index contributed by atoms with van der Waals surface area (Å²) < 4.78 is 7.30. The Hall–Kier alpha value is -1.65. The van der Waals surface area contributed by atoms with Gasteiger partial charge in [0, 0.05) is 19.9 Å². The molecule has 0 amide bonds. The topological polar surface area (TPSA) is 47.3 Å². The van der Waals surface area contributed by atoms with Gasteiger partial charge < -0.3 is 9.84 Å². The summed E-state index contributed by atoms with van der Waals surface area (Å²) in [5.41, 5.74) is 1.75. The number of rotatable bonds is 6. The highest BCUT2D eigenvalue weighted by atomic mass is 16.5. The molecule has 0 aliphatic heterocycles. The van der Waals surface area contributed by atoms with Gasteiger partial charge in [-0.1, -0.05) is 37.3 Å². The van der Waals surface area contributed by atoms with Gasteiger partial charge in [-0.2, -0.15) is 5.10 Å². The average molecular weight is 260 g/mol. The molecule has 4 nitrogen and oxygen atoms in total. The molecule has 0 aliphatic carbocycles. The molecule has 1 aromatic heterocycles. The quantitative estimate of drug-likeness (QED) is 0.868. The normalized spacial score (nSPS) is 14.3. The second-order valence-electron chi connectivity index (χ2n) is 4.49. The van der Waals surface area contributed by atoms with E-state index >= 15 is 0 Å². The Morgan fingerprint density at radius 1 is 1.26 bits per heavy atom. The minimum Gasteiger partial charge on any atom is -0.384 e. The van der Waals surface area contributed by atoms with Crippen LogP contribution in [0.5, 0.6) is 0 Å². The molecule has 1 N–H and O–H groups in total. The smallest absolute Gasteiger partial charge is 0.126 e. The number of aliphatic hydroxyl groups is 1. The molecule has 1 aromatic carbocycles. The Labute approximate surface area is 113 Å². The van der Waals surface area contributed by atoms with Crippen LogP contribution in [0.1, 0.15) is 36.8 Å². The number of ether oxygens (including phenoxy) is 1. The van der Waals surface area contributed by atoms with E-state index in [-0.39, 0.29) is 6.10 Å². The van der Waals surface area contributed by atoms with Crippen molar-refractivity contribution in [1.29, 1.82) is 0 Å². The summed E-state index contributed by atoms with van der Waals surface area (Å²) in [5.74, 6) is 0. The van der Waals surface area contributed by atoms with Crippen LogP contribution < -0.4 is 0 Å². The van der Waals surface area contributed by atoms with Crippen LogP contribution in [0.25, 0.3) is 0 Å². The Morgan fingerprint density at radius 2 is 2.00 bits per heavy atom. The lowest BCUT2D eigenvalue weighted by Gasteiger charge is -2.22. The minimum absolute atomic E-state index is 0.381. The molecule has 0 spiro atoms. The SMILES string of the molecule is CCCn1nccc1C(O)C(OC)c1ccccc1. The van der Waals surface area contributed by atoms with Gasteiger partial charge in [0.25, 0.3) is 0 Å². The highest BCUT2D eigenvalue weighted by Gasteiger charge is 2.25. The Bertz CT molecular complexity index is 496. The molecular weight excluding hydrogens is 240 g/mol. The van der Waals surface area contributed by atoms with Crippen molar-refractivity contribution >= 4 is 0 Å². The molecule has 0 aliphatic rings. The van der Waals surface area contributed by atoms with Crippen LogP contribution in [-0.4, -0.2) is 22.0 Å². The molecule has 102 valence electrons. The van der Waals surface area contributed by atoms with Crippen molar-refractivity contribution in [3.63, 3.8) is 0 Å². The number of nitrogens with zero attached hydrogens (tertiary/aromatic N) is 2. The van der Waals surface area contributed by atoms with Crippen molar-refractivity contribution in [1.82, 2.24) is 9.78 Å². The van der Waals surface area contributed by atoms with Gasteiger partial charge in [0.1, 0.15) is 12.2 Å². The number of hydrogen-bond donors (Lipinski definition) is 1. The first-order chi connectivity index (χ1) is 9.27. The van der Waals surface area contributed by atoms with Gasteiger partial charge in [0.05, 0.1) is 5.69 Å². The van der Waals surface area contributed by atoms with Gasteiger partial charge in [-0.25, -0.2) is 0 Å². The van der Waals surface area contributed by atoms with Crippen LogP contribution in [-0.2, 0) is 11.3 Å². The summed E-state index contributed by atoms with van der Waals surface area (Å²) in [7, 11) is 1.61. The molecule has 2 aromatic rings. The third kappa shape index (κ3) is 3.03. The van der Waals surface area contributed by atoms with Gasteiger partial charge in [0.2, 0.25) is 0 Å². The lowest BCUT2D eigenvalue weighted by molar-refractivity contribution is -0.0192. The fourth-order valence-electron chi connectivity index (χ4n) is 2.24. The summed E-state index contributed by atoms with van der Waals surface area (Å²) in [6, 6.07) is 11.6. The minimum atomic E-state index is -0.721. The van der Waals surface area contributed by atoms with Crippen LogP contribution in [0.4, 0.5) is 0 Å². The van der Waals surface area contributed by atoms with Crippen LogP contribution in [0.2, 0.25) is 0 Å². The Morgan fingerprint density at radius 3 is 2.63 bits per heavy atom. The van der Waals surface area contributed by atoms with E-state index in [2.05, 4.69) is 12.0 Å². The molecule has 2 unspecified atom stereocenters. The van der Waals surface area contributed by atoms with Crippen molar-refractivity contribution in [2.45, 2.75) is 32.1 Å². The summed E-state index contributed by atoms with van der Waals surface area (Å²) >= 11 is 0. The number of aliphatic hydroxyl groups excluding tert-OH is 1. The molecule has 0 radical (unpaired) electrons.